The number of nitrogens with zero attached hydrogens (tertiary/aromatic N) is 1. The van der Waals surface area contributed by atoms with Crippen molar-refractivity contribution in [2.75, 3.05) is 17.6 Å². The lowest BCUT2D eigenvalue weighted by Crippen LogP contribution is -2.40. The minimum atomic E-state index is -0.558. The zero-order valence-electron chi connectivity index (χ0n) is 10.5. The second-order valence-corrected chi connectivity index (χ2v) is 5.49. The Kier molecular flexibility index (Phi) is 4.57. The summed E-state index contributed by atoms with van der Waals surface area (Å²) in [6.07, 6.45) is 0.00253. The van der Waals surface area contributed by atoms with Gasteiger partial charge in [-0.1, -0.05) is 12.1 Å². The van der Waals surface area contributed by atoms with E-state index >= 15 is 0 Å². The van der Waals surface area contributed by atoms with Crippen molar-refractivity contribution in [3.8, 4) is 0 Å². The molecule has 2 N–H and O–H groups in total. The van der Waals surface area contributed by atoms with Crippen LogP contribution in [0.4, 0.5) is 11.4 Å². The number of nitro benzene ring substituents is 1. The van der Waals surface area contributed by atoms with Crippen LogP contribution in [0.5, 0.6) is 0 Å². The molecule has 1 saturated heterocycles. The molecule has 2 rings (SSSR count). The monoisotopic (exact) mass is 295 g/mol. The number of rotatable bonds is 4. The third-order valence-corrected chi connectivity index (χ3v) is 3.98. The summed E-state index contributed by atoms with van der Waals surface area (Å²) in [4.78, 5) is 33.7. The van der Waals surface area contributed by atoms with Gasteiger partial charge in [0.1, 0.15) is 5.69 Å². The highest BCUT2D eigenvalue weighted by Gasteiger charge is 2.26. The SMILES string of the molecule is O=C(C[C@H]1SCCNC1=O)Nc1ccccc1[N+](=O)[O-]. The summed E-state index contributed by atoms with van der Waals surface area (Å²) in [7, 11) is 0. The van der Waals surface area contributed by atoms with Gasteiger partial charge in [0.25, 0.3) is 5.69 Å². The Balaban J connectivity index is 2.01. The number of nitrogens with one attached hydrogen (secondary N) is 2. The van der Waals surface area contributed by atoms with Gasteiger partial charge in [-0.3, -0.25) is 19.7 Å². The van der Waals surface area contributed by atoms with E-state index in [4.69, 9.17) is 0 Å². The van der Waals surface area contributed by atoms with E-state index in [0.717, 1.165) is 5.75 Å². The Morgan fingerprint density at radius 1 is 1.50 bits per heavy atom. The van der Waals surface area contributed by atoms with Crippen LogP contribution in [0, 0.1) is 10.1 Å². The standard InChI is InChI=1S/C12H13N3O4S/c16-11(7-10-12(17)13-5-6-20-10)14-8-3-1-2-4-9(8)15(18)19/h1-4,10H,5-7H2,(H,13,17)(H,14,16)/t10-/m1/s1. The second-order valence-electron chi connectivity index (χ2n) is 4.18. The zero-order chi connectivity index (χ0) is 14.5. The number of hydrogen-bond donors (Lipinski definition) is 2. The summed E-state index contributed by atoms with van der Waals surface area (Å²) in [5.41, 5.74) is -0.0229. The van der Waals surface area contributed by atoms with Crippen LogP contribution in [0.15, 0.2) is 24.3 Å². The normalized spacial score (nSPS) is 18.2. The van der Waals surface area contributed by atoms with Crippen LogP contribution < -0.4 is 10.6 Å². The lowest BCUT2D eigenvalue weighted by Gasteiger charge is -2.20. The molecule has 1 atom stereocenters. The summed E-state index contributed by atoms with van der Waals surface area (Å²) in [5.74, 6) is 0.183. The number of para-hydroxylation sites is 2. The second kappa shape index (κ2) is 6.38. The number of thioether (sulfide) groups is 1. The van der Waals surface area contributed by atoms with E-state index in [0.29, 0.717) is 6.54 Å². The molecule has 1 aliphatic rings. The van der Waals surface area contributed by atoms with Crippen LogP contribution in [-0.4, -0.2) is 34.3 Å². The number of amides is 2. The number of carbonyl (C=O) groups is 2. The fourth-order valence-electron chi connectivity index (χ4n) is 1.82. The molecule has 0 spiro atoms. The first-order chi connectivity index (χ1) is 9.58. The molecule has 8 heteroatoms. The molecule has 0 saturated carbocycles. The summed E-state index contributed by atoms with van der Waals surface area (Å²) in [5, 5.41) is 15.6. The van der Waals surface area contributed by atoms with Crippen molar-refractivity contribution in [1.82, 2.24) is 5.32 Å². The average Bonchev–Trinajstić information content (AvgIpc) is 2.41. The molecule has 0 radical (unpaired) electrons. The van der Waals surface area contributed by atoms with E-state index in [1.807, 2.05) is 0 Å². The minimum absolute atomic E-state index is 0.00253. The molecular formula is C12H13N3O4S. The van der Waals surface area contributed by atoms with E-state index in [1.165, 1.54) is 30.0 Å². The van der Waals surface area contributed by atoms with Gasteiger partial charge in [0.2, 0.25) is 11.8 Å². The molecule has 20 heavy (non-hydrogen) atoms. The summed E-state index contributed by atoms with van der Waals surface area (Å²) in [6.45, 7) is 0.603. The van der Waals surface area contributed by atoms with Gasteiger partial charge in [-0.15, -0.1) is 11.8 Å². The fourth-order valence-corrected chi connectivity index (χ4v) is 2.83. The quantitative estimate of drug-likeness (QED) is 0.641. The highest BCUT2D eigenvalue weighted by atomic mass is 32.2. The van der Waals surface area contributed by atoms with Gasteiger partial charge in [0, 0.05) is 24.8 Å². The van der Waals surface area contributed by atoms with Crippen LogP contribution in [-0.2, 0) is 9.59 Å². The topological polar surface area (TPSA) is 101 Å². The first-order valence-electron chi connectivity index (χ1n) is 6.00. The van der Waals surface area contributed by atoms with Crippen molar-refractivity contribution in [1.29, 1.82) is 0 Å². The first kappa shape index (κ1) is 14.3. The summed E-state index contributed by atoms with van der Waals surface area (Å²) >= 11 is 1.41. The van der Waals surface area contributed by atoms with Crippen LogP contribution in [0.25, 0.3) is 0 Å². The zero-order valence-corrected chi connectivity index (χ0v) is 11.3. The highest BCUT2D eigenvalue weighted by Crippen LogP contribution is 2.24. The summed E-state index contributed by atoms with van der Waals surface area (Å²) < 4.78 is 0. The Hall–Kier alpha value is -2.09. The molecule has 2 amide bonds. The number of anilines is 1. The number of benzene rings is 1. The van der Waals surface area contributed by atoms with Crippen LogP contribution in [0.2, 0.25) is 0 Å². The predicted molar refractivity (Wildman–Crippen MR) is 75.6 cm³/mol. The maximum absolute atomic E-state index is 11.9. The number of carbonyl (C=O) groups excluding carboxylic acids is 2. The molecule has 106 valence electrons. The molecule has 1 aliphatic heterocycles. The van der Waals surface area contributed by atoms with E-state index in [2.05, 4.69) is 10.6 Å². The van der Waals surface area contributed by atoms with Gasteiger partial charge >= 0.3 is 0 Å². The molecule has 0 aliphatic carbocycles. The van der Waals surface area contributed by atoms with Crippen molar-refractivity contribution >= 4 is 35.0 Å². The lowest BCUT2D eigenvalue weighted by molar-refractivity contribution is -0.383. The fraction of sp³-hybridized carbons (Fsp3) is 0.333. The van der Waals surface area contributed by atoms with Crippen molar-refractivity contribution in [3.05, 3.63) is 34.4 Å². The molecule has 0 aromatic heterocycles. The number of nitro groups is 1. The highest BCUT2D eigenvalue weighted by molar-refractivity contribution is 8.00. The smallest absolute Gasteiger partial charge is 0.292 e. The van der Waals surface area contributed by atoms with Crippen molar-refractivity contribution in [2.24, 2.45) is 0 Å². The number of hydrogen-bond acceptors (Lipinski definition) is 5. The van der Waals surface area contributed by atoms with Crippen LogP contribution in [0.1, 0.15) is 6.42 Å². The predicted octanol–water partition coefficient (Wildman–Crippen LogP) is 1.15. The molecule has 0 unspecified atom stereocenters. The molecule has 1 aromatic carbocycles. The van der Waals surface area contributed by atoms with Crippen molar-refractivity contribution in [2.45, 2.75) is 11.7 Å². The van der Waals surface area contributed by atoms with Gasteiger partial charge < -0.3 is 10.6 Å². The van der Waals surface area contributed by atoms with Gasteiger partial charge in [-0.05, 0) is 6.07 Å². The van der Waals surface area contributed by atoms with E-state index < -0.39 is 16.1 Å². The van der Waals surface area contributed by atoms with Crippen LogP contribution >= 0.6 is 11.8 Å². The Morgan fingerprint density at radius 3 is 2.95 bits per heavy atom. The van der Waals surface area contributed by atoms with Crippen LogP contribution in [0.3, 0.4) is 0 Å². The molecular weight excluding hydrogens is 282 g/mol. The third-order valence-electron chi connectivity index (χ3n) is 2.76. The Bertz CT molecular complexity index is 549. The van der Waals surface area contributed by atoms with Crippen molar-refractivity contribution in [3.63, 3.8) is 0 Å². The minimum Gasteiger partial charge on any atom is -0.354 e. The maximum atomic E-state index is 11.9. The Morgan fingerprint density at radius 2 is 2.25 bits per heavy atom. The largest absolute Gasteiger partial charge is 0.354 e. The van der Waals surface area contributed by atoms with Gasteiger partial charge in [-0.2, -0.15) is 0 Å². The molecule has 1 fully saturated rings. The van der Waals surface area contributed by atoms with E-state index in [9.17, 15) is 19.7 Å². The molecule has 0 bridgehead atoms. The summed E-state index contributed by atoms with van der Waals surface area (Å²) in [6, 6.07) is 5.91. The first-order valence-corrected chi connectivity index (χ1v) is 7.05. The Labute approximate surface area is 119 Å². The molecule has 7 nitrogen and oxygen atoms in total. The van der Waals surface area contributed by atoms with Gasteiger partial charge in [0.05, 0.1) is 10.2 Å². The molecule has 1 aromatic rings. The van der Waals surface area contributed by atoms with Gasteiger partial charge in [0.15, 0.2) is 0 Å². The van der Waals surface area contributed by atoms with Gasteiger partial charge in [-0.25, -0.2) is 0 Å². The van der Waals surface area contributed by atoms with E-state index in [-0.39, 0.29) is 23.7 Å². The van der Waals surface area contributed by atoms with E-state index in [1.54, 1.807) is 6.07 Å². The lowest BCUT2D eigenvalue weighted by atomic mass is 10.2. The maximum Gasteiger partial charge on any atom is 0.292 e. The van der Waals surface area contributed by atoms with Crippen molar-refractivity contribution < 1.29 is 14.5 Å². The third kappa shape index (κ3) is 3.47. The molecule has 1 heterocycles. The average molecular weight is 295 g/mol.